The fourth-order valence-corrected chi connectivity index (χ4v) is 1.43. The predicted molar refractivity (Wildman–Crippen MR) is 44.7 cm³/mol. The molecule has 0 aromatic rings. The molecule has 0 aliphatic heterocycles. The van der Waals surface area contributed by atoms with Gasteiger partial charge in [0.25, 0.3) is 0 Å². The zero-order valence-electron chi connectivity index (χ0n) is 10.6. The third-order valence-corrected chi connectivity index (χ3v) is 3.26. The van der Waals surface area contributed by atoms with E-state index in [0.29, 0.717) is 0 Å². The van der Waals surface area contributed by atoms with E-state index in [9.17, 15) is 56.9 Å². The standard InChI is InChI=1S/C7H6F10O3S.Li/c1-2-3(8,9)4(10,11)5(12,13)6(14,15)7(16,17)21(18,19)20;/h2H2,1H3,(H,18,19,20);/q;+1/p-1. The van der Waals surface area contributed by atoms with E-state index in [1.54, 1.807) is 0 Å². The molecule has 0 saturated carbocycles. The number of hydrogen-bond donors (Lipinski definition) is 0. The summed E-state index contributed by atoms with van der Waals surface area (Å²) in [6.45, 7) is 0.157. The molecule has 0 heterocycles. The maximum absolute atomic E-state index is 12.8. The summed E-state index contributed by atoms with van der Waals surface area (Å²) < 4.78 is 156. The van der Waals surface area contributed by atoms with Crippen molar-refractivity contribution < 1.29 is 75.7 Å². The minimum absolute atomic E-state index is 0. The predicted octanol–water partition coefficient (Wildman–Crippen LogP) is 0.0796. The van der Waals surface area contributed by atoms with E-state index < -0.39 is 45.5 Å². The van der Waals surface area contributed by atoms with Crippen LogP contribution in [0.5, 0.6) is 0 Å². The van der Waals surface area contributed by atoms with Crippen molar-refractivity contribution in [2.45, 2.75) is 42.3 Å². The van der Waals surface area contributed by atoms with E-state index >= 15 is 0 Å². The van der Waals surface area contributed by atoms with Crippen LogP contribution in [0, 0.1) is 0 Å². The van der Waals surface area contributed by atoms with Crippen LogP contribution in [0.4, 0.5) is 43.9 Å². The summed E-state index contributed by atoms with van der Waals surface area (Å²) in [6.07, 6.45) is -2.15. The molecule has 0 bridgehead atoms. The molecule has 0 rings (SSSR count). The fraction of sp³-hybridized carbons (Fsp3) is 1.00. The molecule has 0 amide bonds. The van der Waals surface area contributed by atoms with Gasteiger partial charge in [0.1, 0.15) is 0 Å². The molecule has 0 N–H and O–H groups in total. The van der Waals surface area contributed by atoms with Crippen LogP contribution in [-0.2, 0) is 10.1 Å². The normalized spacial score (nSPS) is 15.5. The minimum atomic E-state index is -7.58. The average molecular weight is 366 g/mol. The van der Waals surface area contributed by atoms with Gasteiger partial charge in [0.2, 0.25) is 0 Å². The van der Waals surface area contributed by atoms with Gasteiger partial charge in [-0.25, -0.2) is 8.42 Å². The molecule has 0 aromatic heterocycles. The van der Waals surface area contributed by atoms with Crippen LogP contribution in [0.15, 0.2) is 0 Å². The molecule has 3 nitrogen and oxygen atoms in total. The first kappa shape index (κ1) is 24.1. The summed E-state index contributed by atoms with van der Waals surface area (Å²) in [5.74, 6) is -28.0. The van der Waals surface area contributed by atoms with Crippen molar-refractivity contribution in [1.29, 1.82) is 0 Å². The minimum Gasteiger partial charge on any atom is -0.743 e. The van der Waals surface area contributed by atoms with Gasteiger partial charge in [-0.1, -0.05) is 6.92 Å². The second kappa shape index (κ2) is 6.03. The van der Waals surface area contributed by atoms with Gasteiger partial charge in [0.15, 0.2) is 10.1 Å². The van der Waals surface area contributed by atoms with Gasteiger partial charge in [0, 0.05) is 6.42 Å². The average Bonchev–Trinajstić information content (AvgIpc) is 2.26. The number of halogens is 10. The topological polar surface area (TPSA) is 57.2 Å². The first-order valence-corrected chi connectivity index (χ1v) is 6.06. The molecule has 0 unspecified atom stereocenters. The summed E-state index contributed by atoms with van der Waals surface area (Å²) in [5.41, 5.74) is 0. The molecule has 22 heavy (non-hydrogen) atoms. The molecule has 0 radical (unpaired) electrons. The van der Waals surface area contributed by atoms with Crippen molar-refractivity contribution in [3.63, 3.8) is 0 Å². The Morgan fingerprint density at radius 3 is 1.32 bits per heavy atom. The summed E-state index contributed by atoms with van der Waals surface area (Å²) in [7, 11) is -7.55. The monoisotopic (exact) mass is 366 g/mol. The Bertz CT molecular complexity index is 503. The quantitative estimate of drug-likeness (QED) is 0.380. The van der Waals surface area contributed by atoms with Crippen molar-refractivity contribution >= 4 is 10.1 Å². The van der Waals surface area contributed by atoms with E-state index in [4.69, 9.17) is 0 Å². The van der Waals surface area contributed by atoms with Gasteiger partial charge >= 0.3 is 47.8 Å². The molecular formula is C7H5F10LiO3S. The second-order valence-corrected chi connectivity index (χ2v) is 5.17. The Hall–Kier alpha value is -0.193. The summed E-state index contributed by atoms with van der Waals surface area (Å²) in [6, 6.07) is 0. The van der Waals surface area contributed by atoms with Crippen LogP contribution in [0.3, 0.4) is 0 Å². The third-order valence-electron chi connectivity index (χ3n) is 2.37. The fourth-order valence-electron chi connectivity index (χ4n) is 0.989. The Balaban J connectivity index is 0. The summed E-state index contributed by atoms with van der Waals surface area (Å²) >= 11 is 0. The van der Waals surface area contributed by atoms with Gasteiger partial charge in [-0.3, -0.25) is 0 Å². The number of alkyl halides is 10. The SMILES string of the molecule is CCC(F)(F)C(F)(F)C(F)(F)C(F)(F)C(F)(F)S(=O)(=O)[O-].[Li+]. The molecular weight excluding hydrogens is 361 g/mol. The number of hydrogen-bond acceptors (Lipinski definition) is 3. The van der Waals surface area contributed by atoms with E-state index in [1.165, 1.54) is 0 Å². The molecule has 0 aliphatic carbocycles. The van der Waals surface area contributed by atoms with Gasteiger partial charge < -0.3 is 4.55 Å². The Morgan fingerprint density at radius 2 is 1.09 bits per heavy atom. The molecule has 128 valence electrons. The van der Waals surface area contributed by atoms with Gasteiger partial charge in [-0.15, -0.1) is 0 Å². The van der Waals surface area contributed by atoms with Crippen molar-refractivity contribution in [3.8, 4) is 0 Å². The first-order valence-electron chi connectivity index (χ1n) is 4.65. The van der Waals surface area contributed by atoms with Crippen LogP contribution in [-0.4, -0.2) is 41.9 Å². The third kappa shape index (κ3) is 3.07. The van der Waals surface area contributed by atoms with Crippen LogP contribution in [0.1, 0.15) is 13.3 Å². The molecule has 15 heteroatoms. The molecule has 0 fully saturated rings. The van der Waals surface area contributed by atoms with E-state index in [2.05, 4.69) is 0 Å². The zero-order valence-corrected chi connectivity index (χ0v) is 11.4. The molecule has 0 spiro atoms. The first-order chi connectivity index (χ1) is 8.81. The van der Waals surface area contributed by atoms with Gasteiger partial charge in [-0.05, 0) is 0 Å². The molecule has 0 aromatic carbocycles. The van der Waals surface area contributed by atoms with E-state index in [0.717, 1.165) is 0 Å². The Kier molecular flexibility index (Phi) is 6.59. The van der Waals surface area contributed by atoms with Crippen LogP contribution in [0.2, 0.25) is 0 Å². The van der Waals surface area contributed by atoms with Crippen LogP contribution in [0.25, 0.3) is 0 Å². The van der Waals surface area contributed by atoms with Crippen molar-refractivity contribution in [2.75, 3.05) is 0 Å². The van der Waals surface area contributed by atoms with Crippen LogP contribution >= 0.6 is 0 Å². The smallest absolute Gasteiger partial charge is 0.743 e. The largest absolute Gasteiger partial charge is 1.00 e. The van der Waals surface area contributed by atoms with E-state index in [-0.39, 0.29) is 25.8 Å². The maximum atomic E-state index is 12.8. The summed E-state index contributed by atoms with van der Waals surface area (Å²) in [5, 5.41) is -7.24. The Labute approximate surface area is 129 Å². The Morgan fingerprint density at radius 1 is 0.773 bits per heavy atom. The van der Waals surface area contributed by atoms with Crippen molar-refractivity contribution in [3.05, 3.63) is 0 Å². The van der Waals surface area contributed by atoms with Crippen LogP contribution < -0.4 is 18.9 Å². The molecule has 0 saturated heterocycles. The summed E-state index contributed by atoms with van der Waals surface area (Å²) in [4.78, 5) is 0. The molecule has 0 atom stereocenters. The second-order valence-electron chi connectivity index (χ2n) is 3.75. The van der Waals surface area contributed by atoms with E-state index in [1.807, 2.05) is 0 Å². The van der Waals surface area contributed by atoms with Crippen molar-refractivity contribution in [1.82, 2.24) is 0 Å². The van der Waals surface area contributed by atoms with Gasteiger partial charge in [-0.2, -0.15) is 43.9 Å². The van der Waals surface area contributed by atoms with Gasteiger partial charge in [0.05, 0.1) is 0 Å². The molecule has 0 aliphatic rings. The maximum Gasteiger partial charge on any atom is 1.00 e. The zero-order chi connectivity index (χ0) is 17.7. The van der Waals surface area contributed by atoms with Crippen molar-refractivity contribution in [2.24, 2.45) is 0 Å². The number of rotatable bonds is 6.